The number of aliphatic hydroxyl groups excluding tert-OH is 2. The quantitative estimate of drug-likeness (QED) is 0.470. The van der Waals surface area contributed by atoms with E-state index in [2.05, 4.69) is 17.1 Å². The highest BCUT2D eigenvalue weighted by Gasteiger charge is 2.19. The molecular weight excluding hydrogens is 244 g/mol. The fourth-order valence-corrected chi connectivity index (χ4v) is 2.44. The lowest BCUT2D eigenvalue weighted by molar-refractivity contribution is 0.0120. The van der Waals surface area contributed by atoms with Crippen molar-refractivity contribution in [2.75, 3.05) is 46.0 Å². The van der Waals surface area contributed by atoms with E-state index in [4.69, 9.17) is 9.84 Å². The standard InChI is InChI=1S/C14H30N2O3/c1-2-3-9-19-12-14(18)11-16(7-8-17)10-13-5-4-6-15-13/h13-15,17-18H,2-12H2,1H3. The van der Waals surface area contributed by atoms with E-state index >= 15 is 0 Å². The number of aliphatic hydroxyl groups is 2. The smallest absolute Gasteiger partial charge is 0.0900 e. The van der Waals surface area contributed by atoms with Gasteiger partial charge in [0.2, 0.25) is 0 Å². The maximum absolute atomic E-state index is 9.95. The first-order valence-electron chi connectivity index (χ1n) is 7.58. The number of unbranched alkanes of at least 4 members (excludes halogenated alkanes) is 1. The lowest BCUT2D eigenvalue weighted by atomic mass is 10.2. The number of nitrogens with one attached hydrogen (secondary N) is 1. The highest BCUT2D eigenvalue weighted by molar-refractivity contribution is 4.78. The molecule has 0 aliphatic carbocycles. The van der Waals surface area contributed by atoms with Crippen molar-refractivity contribution in [3.05, 3.63) is 0 Å². The van der Waals surface area contributed by atoms with Gasteiger partial charge in [-0.15, -0.1) is 0 Å². The predicted octanol–water partition coefficient (Wildman–Crippen LogP) is 0.210. The third-order valence-electron chi connectivity index (χ3n) is 3.48. The average Bonchev–Trinajstić information content (AvgIpc) is 2.88. The number of hydrogen-bond donors (Lipinski definition) is 3. The molecule has 0 spiro atoms. The topological polar surface area (TPSA) is 65.0 Å². The molecule has 5 nitrogen and oxygen atoms in total. The minimum atomic E-state index is -0.468. The Kier molecular flexibility index (Phi) is 9.38. The van der Waals surface area contributed by atoms with Gasteiger partial charge in [0.15, 0.2) is 0 Å². The van der Waals surface area contributed by atoms with Crippen molar-refractivity contribution in [2.24, 2.45) is 0 Å². The molecule has 114 valence electrons. The second kappa shape index (κ2) is 10.6. The van der Waals surface area contributed by atoms with Crippen molar-refractivity contribution in [3.8, 4) is 0 Å². The Morgan fingerprint density at radius 3 is 2.95 bits per heavy atom. The van der Waals surface area contributed by atoms with Crippen molar-refractivity contribution in [3.63, 3.8) is 0 Å². The normalized spacial score (nSPS) is 21.2. The zero-order valence-corrected chi connectivity index (χ0v) is 12.2. The third-order valence-corrected chi connectivity index (χ3v) is 3.48. The molecule has 1 rings (SSSR count). The van der Waals surface area contributed by atoms with Gasteiger partial charge in [-0.2, -0.15) is 0 Å². The maximum atomic E-state index is 9.95. The lowest BCUT2D eigenvalue weighted by Crippen LogP contribution is -2.43. The van der Waals surface area contributed by atoms with Gasteiger partial charge in [0.1, 0.15) is 0 Å². The van der Waals surface area contributed by atoms with E-state index in [0.717, 1.165) is 32.5 Å². The van der Waals surface area contributed by atoms with Crippen LogP contribution in [0.1, 0.15) is 32.6 Å². The van der Waals surface area contributed by atoms with Gasteiger partial charge in [0.25, 0.3) is 0 Å². The van der Waals surface area contributed by atoms with Gasteiger partial charge in [-0.05, 0) is 25.8 Å². The first-order chi connectivity index (χ1) is 9.26. The summed E-state index contributed by atoms with van der Waals surface area (Å²) >= 11 is 0. The molecular formula is C14H30N2O3. The van der Waals surface area contributed by atoms with E-state index in [0.29, 0.717) is 25.7 Å². The summed E-state index contributed by atoms with van der Waals surface area (Å²) in [4.78, 5) is 2.12. The van der Waals surface area contributed by atoms with Crippen LogP contribution >= 0.6 is 0 Å². The molecule has 0 aromatic rings. The molecule has 0 bridgehead atoms. The Labute approximate surface area is 116 Å². The molecule has 3 N–H and O–H groups in total. The Bertz CT molecular complexity index is 211. The van der Waals surface area contributed by atoms with E-state index < -0.39 is 6.10 Å². The van der Waals surface area contributed by atoms with Gasteiger partial charge in [0, 0.05) is 32.3 Å². The molecule has 0 saturated carbocycles. The molecule has 5 heteroatoms. The number of hydrogen-bond acceptors (Lipinski definition) is 5. The Morgan fingerprint density at radius 1 is 1.47 bits per heavy atom. The van der Waals surface area contributed by atoms with Gasteiger partial charge in [-0.25, -0.2) is 0 Å². The Balaban J connectivity index is 2.18. The van der Waals surface area contributed by atoms with E-state index in [9.17, 15) is 5.11 Å². The summed E-state index contributed by atoms with van der Waals surface area (Å²) in [5, 5.41) is 22.5. The molecule has 0 amide bonds. The average molecular weight is 274 g/mol. The van der Waals surface area contributed by atoms with Gasteiger partial charge in [-0.1, -0.05) is 13.3 Å². The SMILES string of the molecule is CCCCOCC(O)CN(CCO)CC1CCCN1. The van der Waals surface area contributed by atoms with E-state index in [-0.39, 0.29) is 6.61 Å². The molecule has 1 aliphatic heterocycles. The van der Waals surface area contributed by atoms with Crippen molar-refractivity contribution in [1.29, 1.82) is 0 Å². The van der Waals surface area contributed by atoms with Gasteiger partial charge < -0.3 is 20.3 Å². The highest BCUT2D eigenvalue weighted by atomic mass is 16.5. The largest absolute Gasteiger partial charge is 0.395 e. The van der Waals surface area contributed by atoms with Crippen LogP contribution in [-0.4, -0.2) is 73.3 Å². The summed E-state index contributed by atoms with van der Waals surface area (Å²) in [6.07, 6.45) is 4.09. The van der Waals surface area contributed by atoms with Crippen LogP contribution in [0.2, 0.25) is 0 Å². The molecule has 1 heterocycles. The summed E-state index contributed by atoms with van der Waals surface area (Å²) in [6.45, 7) is 6.53. The molecule has 2 unspecified atom stereocenters. The second-order valence-electron chi connectivity index (χ2n) is 5.36. The van der Waals surface area contributed by atoms with Gasteiger partial charge in [-0.3, -0.25) is 4.90 Å². The number of ether oxygens (including phenoxy) is 1. The van der Waals surface area contributed by atoms with Crippen molar-refractivity contribution >= 4 is 0 Å². The monoisotopic (exact) mass is 274 g/mol. The summed E-state index contributed by atoms with van der Waals surface area (Å²) in [5.74, 6) is 0. The zero-order chi connectivity index (χ0) is 13.9. The molecule has 1 fully saturated rings. The summed E-state index contributed by atoms with van der Waals surface area (Å²) < 4.78 is 5.43. The van der Waals surface area contributed by atoms with E-state index in [1.54, 1.807) is 0 Å². The molecule has 0 radical (unpaired) electrons. The summed E-state index contributed by atoms with van der Waals surface area (Å²) in [7, 11) is 0. The van der Waals surface area contributed by atoms with Crippen LogP contribution in [0.4, 0.5) is 0 Å². The van der Waals surface area contributed by atoms with Crippen LogP contribution in [0.15, 0.2) is 0 Å². The van der Waals surface area contributed by atoms with Gasteiger partial charge in [0.05, 0.1) is 19.3 Å². The third kappa shape index (κ3) is 7.84. The summed E-state index contributed by atoms with van der Waals surface area (Å²) in [6, 6.07) is 0.500. The fraction of sp³-hybridized carbons (Fsp3) is 1.00. The zero-order valence-electron chi connectivity index (χ0n) is 12.2. The minimum absolute atomic E-state index is 0.135. The van der Waals surface area contributed by atoms with Gasteiger partial charge >= 0.3 is 0 Å². The second-order valence-corrected chi connectivity index (χ2v) is 5.36. The Morgan fingerprint density at radius 2 is 2.32 bits per heavy atom. The van der Waals surface area contributed by atoms with Crippen LogP contribution in [0.5, 0.6) is 0 Å². The first-order valence-corrected chi connectivity index (χ1v) is 7.58. The molecule has 0 aromatic heterocycles. The first kappa shape index (κ1) is 16.9. The molecule has 1 saturated heterocycles. The van der Waals surface area contributed by atoms with Crippen LogP contribution in [0.25, 0.3) is 0 Å². The molecule has 0 aromatic carbocycles. The fourth-order valence-electron chi connectivity index (χ4n) is 2.44. The predicted molar refractivity (Wildman–Crippen MR) is 76.3 cm³/mol. The number of nitrogens with zero attached hydrogens (tertiary/aromatic N) is 1. The highest BCUT2D eigenvalue weighted by Crippen LogP contribution is 2.07. The van der Waals surface area contributed by atoms with Crippen LogP contribution < -0.4 is 5.32 Å². The van der Waals surface area contributed by atoms with Crippen LogP contribution in [0, 0.1) is 0 Å². The van der Waals surface area contributed by atoms with E-state index in [1.807, 2.05) is 0 Å². The van der Waals surface area contributed by atoms with E-state index in [1.165, 1.54) is 12.8 Å². The number of rotatable bonds is 11. The summed E-state index contributed by atoms with van der Waals surface area (Å²) in [5.41, 5.74) is 0. The van der Waals surface area contributed by atoms with Crippen LogP contribution in [0.3, 0.4) is 0 Å². The van der Waals surface area contributed by atoms with Crippen LogP contribution in [-0.2, 0) is 4.74 Å². The lowest BCUT2D eigenvalue weighted by Gasteiger charge is -2.27. The van der Waals surface area contributed by atoms with Crippen molar-refractivity contribution in [2.45, 2.75) is 44.8 Å². The maximum Gasteiger partial charge on any atom is 0.0900 e. The Hall–Kier alpha value is -0.200. The molecule has 2 atom stereocenters. The van der Waals surface area contributed by atoms with Crippen molar-refractivity contribution < 1.29 is 14.9 Å². The molecule has 19 heavy (non-hydrogen) atoms. The molecule has 1 aliphatic rings. The van der Waals surface area contributed by atoms with Crippen molar-refractivity contribution in [1.82, 2.24) is 10.2 Å². The minimum Gasteiger partial charge on any atom is -0.395 e.